The number of carbonyl (C=O) groups is 1. The number of nitriles is 1. The third-order valence-corrected chi connectivity index (χ3v) is 7.39. The molecule has 1 saturated heterocycles. The van der Waals surface area contributed by atoms with Gasteiger partial charge in [-0.3, -0.25) is 4.98 Å². The Morgan fingerprint density at radius 3 is 2.65 bits per heavy atom. The van der Waals surface area contributed by atoms with E-state index in [-0.39, 0.29) is 18.2 Å². The van der Waals surface area contributed by atoms with Gasteiger partial charge >= 0.3 is 6.09 Å². The summed E-state index contributed by atoms with van der Waals surface area (Å²) in [5.41, 5.74) is 4.20. The average Bonchev–Trinajstić information content (AvgIpc) is 3.55. The van der Waals surface area contributed by atoms with Crippen molar-refractivity contribution in [1.29, 1.82) is 5.26 Å². The minimum absolute atomic E-state index is 0.0724. The first-order valence-corrected chi connectivity index (χ1v) is 14.1. The second-order valence-electron chi connectivity index (χ2n) is 11.1. The smallest absolute Gasteiger partial charge is 0.407 e. The molecule has 1 aliphatic heterocycles. The Labute approximate surface area is 237 Å². The normalized spacial score (nSPS) is 14.4. The van der Waals surface area contributed by atoms with Crippen molar-refractivity contribution < 1.29 is 9.53 Å². The zero-order valence-corrected chi connectivity index (χ0v) is 24.1. The third kappa shape index (κ3) is 6.15. The molecule has 11 nitrogen and oxygen atoms in total. The topological polar surface area (TPSA) is 133 Å². The number of aromatic nitrogens is 5. The molecule has 5 heterocycles. The van der Waals surface area contributed by atoms with Gasteiger partial charge in [-0.25, -0.2) is 9.31 Å². The lowest BCUT2D eigenvalue weighted by Crippen LogP contribution is -2.46. The minimum Gasteiger partial charge on any atom is -0.444 e. The van der Waals surface area contributed by atoms with Gasteiger partial charge in [0.1, 0.15) is 11.7 Å². The summed E-state index contributed by atoms with van der Waals surface area (Å²) < 4.78 is 7.18. The van der Waals surface area contributed by atoms with E-state index < -0.39 is 5.60 Å². The van der Waals surface area contributed by atoms with Crippen LogP contribution in [0.4, 0.5) is 15.6 Å². The Balaban J connectivity index is 1.33. The van der Waals surface area contributed by atoms with Gasteiger partial charge in [-0.2, -0.15) is 10.4 Å². The molecule has 4 aromatic heterocycles. The van der Waals surface area contributed by atoms with E-state index >= 15 is 0 Å². The fourth-order valence-corrected chi connectivity index (χ4v) is 5.51. The fourth-order valence-electron chi connectivity index (χ4n) is 4.59. The Kier molecular flexibility index (Phi) is 7.58. The van der Waals surface area contributed by atoms with Gasteiger partial charge in [0, 0.05) is 37.1 Å². The maximum atomic E-state index is 12.1. The van der Waals surface area contributed by atoms with E-state index in [1.807, 2.05) is 45.2 Å². The van der Waals surface area contributed by atoms with Crippen LogP contribution >= 0.6 is 11.3 Å². The largest absolute Gasteiger partial charge is 0.444 e. The van der Waals surface area contributed by atoms with Crippen LogP contribution in [0.1, 0.15) is 53.0 Å². The molecule has 1 amide bonds. The SMILES string of the molecule is CC(C)Nc1cc(-c2ccc3cc(C#N)cnn23)ncc1-c1nnc(N2CCC(NC(=O)OC(C)(C)C)CC2)s1. The Bertz CT molecular complexity index is 1560. The number of fused-ring (bicyclic) bond motifs is 1. The van der Waals surface area contributed by atoms with Crippen molar-refractivity contribution in [1.82, 2.24) is 30.1 Å². The summed E-state index contributed by atoms with van der Waals surface area (Å²) in [5, 5.41) is 30.8. The number of nitrogens with zero attached hydrogens (tertiary/aromatic N) is 7. The van der Waals surface area contributed by atoms with Crippen molar-refractivity contribution >= 4 is 33.8 Å². The summed E-state index contributed by atoms with van der Waals surface area (Å²) in [6.07, 6.45) is 4.61. The second-order valence-corrected chi connectivity index (χ2v) is 12.1. The molecule has 0 radical (unpaired) electrons. The van der Waals surface area contributed by atoms with Crippen LogP contribution in [0.25, 0.3) is 27.5 Å². The number of nitrogens with one attached hydrogen (secondary N) is 2. The predicted octanol–water partition coefficient (Wildman–Crippen LogP) is 5.10. The van der Waals surface area contributed by atoms with E-state index in [0.717, 1.165) is 64.2 Å². The van der Waals surface area contributed by atoms with Gasteiger partial charge in [-0.1, -0.05) is 11.3 Å². The molecule has 2 N–H and O–H groups in total. The molecule has 0 aliphatic carbocycles. The summed E-state index contributed by atoms with van der Waals surface area (Å²) >= 11 is 1.53. The van der Waals surface area contributed by atoms with Gasteiger partial charge in [0.2, 0.25) is 5.13 Å². The van der Waals surface area contributed by atoms with Gasteiger partial charge in [0.25, 0.3) is 0 Å². The molecule has 12 heteroatoms. The first-order chi connectivity index (χ1) is 19.1. The highest BCUT2D eigenvalue weighted by Crippen LogP contribution is 2.36. The molecule has 0 bridgehead atoms. The van der Waals surface area contributed by atoms with Crippen LogP contribution in [-0.4, -0.2) is 61.7 Å². The molecule has 40 heavy (non-hydrogen) atoms. The molecule has 0 unspecified atom stereocenters. The zero-order chi connectivity index (χ0) is 28.4. The van der Waals surface area contributed by atoms with E-state index in [2.05, 4.69) is 50.7 Å². The quantitative estimate of drug-likeness (QED) is 0.331. The maximum Gasteiger partial charge on any atom is 0.407 e. The van der Waals surface area contributed by atoms with Gasteiger partial charge in [0.15, 0.2) is 5.01 Å². The van der Waals surface area contributed by atoms with Crippen molar-refractivity contribution in [3.63, 3.8) is 0 Å². The Hall–Kier alpha value is -4.24. The number of amides is 1. The highest BCUT2D eigenvalue weighted by molar-refractivity contribution is 7.18. The summed E-state index contributed by atoms with van der Waals surface area (Å²) in [4.78, 5) is 19.1. The van der Waals surface area contributed by atoms with Crippen LogP contribution in [0.5, 0.6) is 0 Å². The Morgan fingerprint density at radius 2 is 1.95 bits per heavy atom. The molecule has 5 rings (SSSR count). The van der Waals surface area contributed by atoms with Gasteiger partial charge in [-0.05, 0) is 71.7 Å². The van der Waals surface area contributed by atoms with Crippen molar-refractivity contribution in [2.45, 2.75) is 65.1 Å². The highest BCUT2D eigenvalue weighted by Gasteiger charge is 2.26. The average molecular weight is 560 g/mol. The molecule has 208 valence electrons. The summed E-state index contributed by atoms with van der Waals surface area (Å²) in [6, 6.07) is 10.1. The van der Waals surface area contributed by atoms with Crippen LogP contribution in [0.3, 0.4) is 0 Å². The lowest BCUT2D eigenvalue weighted by molar-refractivity contribution is 0.0497. The third-order valence-electron chi connectivity index (χ3n) is 6.37. The summed E-state index contributed by atoms with van der Waals surface area (Å²) in [5.74, 6) is 0. The number of piperidine rings is 1. The maximum absolute atomic E-state index is 12.1. The van der Waals surface area contributed by atoms with E-state index in [1.54, 1.807) is 16.8 Å². The molecule has 0 atom stereocenters. The minimum atomic E-state index is -0.515. The van der Waals surface area contributed by atoms with Crippen LogP contribution in [-0.2, 0) is 4.74 Å². The fraction of sp³-hybridized carbons (Fsp3) is 0.429. The predicted molar refractivity (Wildman–Crippen MR) is 155 cm³/mol. The van der Waals surface area contributed by atoms with Gasteiger partial charge in [0.05, 0.1) is 34.2 Å². The molecule has 0 spiro atoms. The first kappa shape index (κ1) is 27.3. The highest BCUT2D eigenvalue weighted by atomic mass is 32.1. The molecular formula is C28H33N9O2S. The number of carbonyl (C=O) groups excluding carboxylic acids is 1. The lowest BCUT2D eigenvalue weighted by Gasteiger charge is -2.32. The Morgan fingerprint density at radius 1 is 1.18 bits per heavy atom. The molecule has 1 aliphatic rings. The van der Waals surface area contributed by atoms with E-state index in [1.165, 1.54) is 11.3 Å². The van der Waals surface area contributed by atoms with Crippen LogP contribution in [0.15, 0.2) is 36.7 Å². The molecular weight excluding hydrogens is 526 g/mol. The lowest BCUT2D eigenvalue weighted by atomic mass is 10.1. The monoisotopic (exact) mass is 559 g/mol. The number of alkyl carbamates (subject to hydrolysis) is 1. The van der Waals surface area contributed by atoms with Crippen molar-refractivity contribution in [3.8, 4) is 28.0 Å². The molecule has 0 aromatic carbocycles. The van der Waals surface area contributed by atoms with Crippen LogP contribution < -0.4 is 15.5 Å². The van der Waals surface area contributed by atoms with Gasteiger partial charge in [-0.15, -0.1) is 10.2 Å². The molecule has 4 aromatic rings. The van der Waals surface area contributed by atoms with Crippen molar-refractivity contribution in [2.24, 2.45) is 0 Å². The van der Waals surface area contributed by atoms with E-state index in [9.17, 15) is 10.1 Å². The van der Waals surface area contributed by atoms with Crippen molar-refractivity contribution in [2.75, 3.05) is 23.3 Å². The standard InChI is InChI=1S/C28H33N9O2S/c1-17(2)32-22-13-23(24-7-6-20-12-18(14-29)15-31-37(20)24)30-16-21(22)25-34-35-26(40-25)36-10-8-19(9-11-36)33-27(38)39-28(3,4)5/h6-7,12-13,15-17,19H,8-11H2,1-5H3,(H,30,32)(H,33,38). The second kappa shape index (κ2) is 11.1. The number of ether oxygens (including phenoxy) is 1. The number of pyridine rings is 1. The van der Waals surface area contributed by atoms with Gasteiger partial charge < -0.3 is 20.3 Å². The van der Waals surface area contributed by atoms with Crippen molar-refractivity contribution in [3.05, 3.63) is 42.2 Å². The van der Waals surface area contributed by atoms with E-state index in [0.29, 0.717) is 5.56 Å². The summed E-state index contributed by atoms with van der Waals surface area (Å²) in [6.45, 7) is 11.3. The zero-order valence-electron chi connectivity index (χ0n) is 23.3. The van der Waals surface area contributed by atoms with Crippen LogP contribution in [0.2, 0.25) is 0 Å². The number of anilines is 2. The van der Waals surface area contributed by atoms with Crippen LogP contribution in [0, 0.1) is 11.3 Å². The summed E-state index contributed by atoms with van der Waals surface area (Å²) in [7, 11) is 0. The number of hydrogen-bond acceptors (Lipinski definition) is 10. The number of rotatable bonds is 6. The number of hydrogen-bond donors (Lipinski definition) is 2. The van der Waals surface area contributed by atoms with E-state index in [4.69, 9.17) is 9.72 Å². The molecule has 1 fully saturated rings. The molecule has 0 saturated carbocycles. The first-order valence-electron chi connectivity index (χ1n) is 13.3.